The number of benzene rings is 1. The van der Waals surface area contributed by atoms with Gasteiger partial charge in [0, 0.05) is 12.6 Å². The zero-order valence-electron chi connectivity index (χ0n) is 8.10. The highest BCUT2D eigenvalue weighted by Gasteiger charge is 2.08. The first-order valence-electron chi connectivity index (χ1n) is 4.52. The predicted molar refractivity (Wildman–Crippen MR) is 53.3 cm³/mol. The van der Waals surface area contributed by atoms with Gasteiger partial charge in [-0.05, 0) is 24.6 Å². The number of nitrogens with two attached hydrogens (primary N) is 1. The van der Waals surface area contributed by atoms with Crippen molar-refractivity contribution in [1.82, 2.24) is 0 Å². The molecule has 0 heterocycles. The Hall–Kier alpha value is -1.26. The van der Waals surface area contributed by atoms with E-state index >= 15 is 0 Å². The number of hydrogen-bond donors (Lipinski definition) is 3. The monoisotopic (exact) mass is 197 g/mol. The third-order valence-corrected chi connectivity index (χ3v) is 1.83. The maximum absolute atomic E-state index is 9.45. The Morgan fingerprint density at radius 2 is 2.14 bits per heavy atom. The van der Waals surface area contributed by atoms with E-state index in [4.69, 9.17) is 10.5 Å². The van der Waals surface area contributed by atoms with E-state index in [0.717, 1.165) is 0 Å². The lowest BCUT2D eigenvalue weighted by Crippen LogP contribution is -2.11. The van der Waals surface area contributed by atoms with E-state index in [2.05, 4.69) is 0 Å². The lowest BCUT2D eigenvalue weighted by molar-refractivity contribution is 0.185. The van der Waals surface area contributed by atoms with Crippen LogP contribution >= 0.6 is 0 Å². The van der Waals surface area contributed by atoms with E-state index in [1.54, 1.807) is 6.07 Å². The summed E-state index contributed by atoms with van der Waals surface area (Å²) in [5.74, 6) is 0.605. The summed E-state index contributed by atoms with van der Waals surface area (Å²) in [5.41, 5.74) is 5.87. The lowest BCUT2D eigenvalue weighted by Gasteiger charge is -2.11. The summed E-state index contributed by atoms with van der Waals surface area (Å²) >= 11 is 0. The predicted octanol–water partition coefficient (Wildman–Crippen LogP) is 0.783. The fraction of sp³-hybridized carbons (Fsp3) is 0.400. The lowest BCUT2D eigenvalue weighted by atomic mass is 10.1. The molecule has 14 heavy (non-hydrogen) atoms. The molecule has 78 valence electrons. The van der Waals surface area contributed by atoms with Crippen molar-refractivity contribution in [3.8, 4) is 11.5 Å². The molecule has 0 aliphatic carbocycles. The Labute approximate surface area is 82.9 Å². The van der Waals surface area contributed by atoms with Gasteiger partial charge in [-0.3, -0.25) is 0 Å². The molecule has 1 aromatic rings. The van der Waals surface area contributed by atoms with Crippen LogP contribution in [0.15, 0.2) is 18.2 Å². The van der Waals surface area contributed by atoms with Crippen molar-refractivity contribution in [3.63, 3.8) is 0 Å². The third kappa shape index (κ3) is 2.61. The van der Waals surface area contributed by atoms with Crippen molar-refractivity contribution >= 4 is 0 Å². The molecule has 1 aromatic carbocycles. The average molecular weight is 197 g/mol. The van der Waals surface area contributed by atoms with Gasteiger partial charge >= 0.3 is 0 Å². The molecule has 0 aromatic heterocycles. The van der Waals surface area contributed by atoms with Gasteiger partial charge in [0.15, 0.2) is 0 Å². The number of phenolic OH excluding ortho intramolecular Hbond substituents is 1. The van der Waals surface area contributed by atoms with Crippen LogP contribution in [0.2, 0.25) is 0 Å². The van der Waals surface area contributed by atoms with Gasteiger partial charge in [0.25, 0.3) is 0 Å². The van der Waals surface area contributed by atoms with Crippen LogP contribution in [0.5, 0.6) is 11.5 Å². The van der Waals surface area contributed by atoms with E-state index in [9.17, 15) is 10.2 Å². The standard InChI is InChI=1S/C10H15NO3/c1-2-14-9-4-7(10(13)6-11)3-8(12)5-9/h3-5,10,12-13H,2,6,11H2,1H3/t10-/m0/s1. The number of hydrogen-bond acceptors (Lipinski definition) is 4. The number of aliphatic hydroxyl groups excluding tert-OH is 1. The van der Waals surface area contributed by atoms with Crippen LogP contribution in [-0.4, -0.2) is 23.4 Å². The van der Waals surface area contributed by atoms with Gasteiger partial charge in [0.05, 0.1) is 12.7 Å². The molecule has 0 unspecified atom stereocenters. The molecule has 0 bridgehead atoms. The van der Waals surface area contributed by atoms with E-state index in [-0.39, 0.29) is 12.3 Å². The van der Waals surface area contributed by atoms with Crippen LogP contribution in [0.3, 0.4) is 0 Å². The van der Waals surface area contributed by atoms with Crippen LogP contribution in [0.4, 0.5) is 0 Å². The Morgan fingerprint density at radius 1 is 1.43 bits per heavy atom. The average Bonchev–Trinajstić information content (AvgIpc) is 2.16. The first-order chi connectivity index (χ1) is 6.67. The first-order valence-corrected chi connectivity index (χ1v) is 4.52. The summed E-state index contributed by atoms with van der Waals surface area (Å²) in [5, 5.41) is 18.8. The van der Waals surface area contributed by atoms with Crippen molar-refractivity contribution in [3.05, 3.63) is 23.8 Å². The smallest absolute Gasteiger partial charge is 0.123 e. The van der Waals surface area contributed by atoms with Crippen molar-refractivity contribution in [2.75, 3.05) is 13.2 Å². The largest absolute Gasteiger partial charge is 0.508 e. The second-order valence-corrected chi connectivity index (χ2v) is 2.94. The van der Waals surface area contributed by atoms with Crippen molar-refractivity contribution in [2.24, 2.45) is 5.73 Å². The normalized spacial score (nSPS) is 12.5. The van der Waals surface area contributed by atoms with E-state index < -0.39 is 6.10 Å². The highest BCUT2D eigenvalue weighted by molar-refractivity contribution is 5.38. The van der Waals surface area contributed by atoms with E-state index in [1.807, 2.05) is 6.92 Å². The molecule has 4 nitrogen and oxygen atoms in total. The minimum Gasteiger partial charge on any atom is -0.508 e. The Morgan fingerprint density at radius 3 is 2.71 bits per heavy atom. The molecule has 0 radical (unpaired) electrons. The second-order valence-electron chi connectivity index (χ2n) is 2.94. The minimum absolute atomic E-state index is 0.0680. The maximum Gasteiger partial charge on any atom is 0.123 e. The molecule has 0 saturated heterocycles. The summed E-state index contributed by atoms with van der Waals surface area (Å²) in [6.07, 6.45) is -0.763. The Balaban J connectivity index is 2.94. The van der Waals surface area contributed by atoms with Gasteiger partial charge in [-0.2, -0.15) is 0 Å². The zero-order chi connectivity index (χ0) is 10.6. The van der Waals surface area contributed by atoms with E-state index in [1.165, 1.54) is 12.1 Å². The third-order valence-electron chi connectivity index (χ3n) is 1.83. The molecular formula is C10H15NO3. The van der Waals surface area contributed by atoms with Gasteiger partial charge < -0.3 is 20.7 Å². The highest BCUT2D eigenvalue weighted by Crippen LogP contribution is 2.25. The SMILES string of the molecule is CCOc1cc(O)cc([C@@H](O)CN)c1. The quantitative estimate of drug-likeness (QED) is 0.666. The number of phenols is 1. The fourth-order valence-corrected chi connectivity index (χ4v) is 1.18. The van der Waals surface area contributed by atoms with Crippen LogP contribution in [0, 0.1) is 0 Å². The molecule has 1 rings (SSSR count). The minimum atomic E-state index is -0.763. The van der Waals surface area contributed by atoms with Crippen LogP contribution in [-0.2, 0) is 0 Å². The second kappa shape index (κ2) is 4.83. The zero-order valence-corrected chi connectivity index (χ0v) is 8.10. The molecule has 0 amide bonds. The van der Waals surface area contributed by atoms with Gasteiger partial charge in [-0.15, -0.1) is 0 Å². The topological polar surface area (TPSA) is 75.7 Å². The van der Waals surface area contributed by atoms with Crippen LogP contribution in [0.1, 0.15) is 18.6 Å². The fourth-order valence-electron chi connectivity index (χ4n) is 1.18. The van der Waals surface area contributed by atoms with Gasteiger partial charge in [-0.1, -0.05) is 0 Å². The van der Waals surface area contributed by atoms with Gasteiger partial charge in [0.1, 0.15) is 11.5 Å². The summed E-state index contributed by atoms with van der Waals surface area (Å²) < 4.78 is 5.21. The number of aromatic hydroxyl groups is 1. The highest BCUT2D eigenvalue weighted by atomic mass is 16.5. The van der Waals surface area contributed by atoms with E-state index in [0.29, 0.717) is 17.9 Å². The Bertz CT molecular complexity index is 301. The molecule has 0 fully saturated rings. The molecule has 0 spiro atoms. The molecule has 1 atom stereocenters. The van der Waals surface area contributed by atoms with Crippen LogP contribution < -0.4 is 10.5 Å². The van der Waals surface area contributed by atoms with Crippen molar-refractivity contribution in [1.29, 1.82) is 0 Å². The number of rotatable bonds is 4. The Kier molecular flexibility index (Phi) is 3.73. The van der Waals surface area contributed by atoms with Crippen molar-refractivity contribution in [2.45, 2.75) is 13.0 Å². The first kappa shape index (κ1) is 10.8. The van der Waals surface area contributed by atoms with Crippen LogP contribution in [0.25, 0.3) is 0 Å². The molecule has 4 heteroatoms. The number of aliphatic hydroxyl groups is 1. The summed E-state index contributed by atoms with van der Waals surface area (Å²) in [4.78, 5) is 0. The number of ether oxygens (including phenoxy) is 1. The molecule has 0 saturated carbocycles. The van der Waals surface area contributed by atoms with Crippen molar-refractivity contribution < 1.29 is 14.9 Å². The molecule has 4 N–H and O–H groups in total. The maximum atomic E-state index is 9.45. The van der Waals surface area contributed by atoms with Gasteiger partial charge in [0.2, 0.25) is 0 Å². The van der Waals surface area contributed by atoms with Gasteiger partial charge in [-0.25, -0.2) is 0 Å². The molecular weight excluding hydrogens is 182 g/mol. The molecule has 0 aliphatic rings. The molecule has 0 aliphatic heterocycles. The summed E-state index contributed by atoms with van der Waals surface area (Å²) in [6.45, 7) is 2.49. The summed E-state index contributed by atoms with van der Waals surface area (Å²) in [7, 11) is 0. The summed E-state index contributed by atoms with van der Waals surface area (Å²) in [6, 6.07) is 4.64.